The maximum atomic E-state index is 5.77. The monoisotopic (exact) mass is 332 g/mol. The number of rotatable bonds is 4. The van der Waals surface area contributed by atoms with Gasteiger partial charge < -0.3 is 4.74 Å². The molecule has 0 saturated carbocycles. The molecule has 1 nitrogen and oxygen atoms in total. The van der Waals surface area contributed by atoms with Gasteiger partial charge in [0.25, 0.3) is 0 Å². The van der Waals surface area contributed by atoms with Crippen LogP contribution in [0.4, 0.5) is 0 Å². The molecule has 2 aromatic rings. The van der Waals surface area contributed by atoms with E-state index < -0.39 is 0 Å². The molecule has 0 bridgehead atoms. The molecule has 0 radical (unpaired) electrons. The van der Waals surface area contributed by atoms with Gasteiger partial charge in [-0.25, -0.2) is 0 Å². The Bertz CT molecular complexity index is 604. The van der Waals surface area contributed by atoms with Gasteiger partial charge in [0.2, 0.25) is 0 Å². The minimum absolute atomic E-state index is 0.156. The second-order valence-electron chi connectivity index (χ2n) is 5.13. The highest BCUT2D eigenvalue weighted by Crippen LogP contribution is 2.39. The number of benzene rings is 2. The molecule has 0 aliphatic carbocycles. The summed E-state index contributed by atoms with van der Waals surface area (Å²) < 4.78 is 5.77. The second kappa shape index (κ2) is 6.45. The van der Waals surface area contributed by atoms with Crippen molar-refractivity contribution in [3.8, 4) is 5.75 Å². The lowest BCUT2D eigenvalue weighted by molar-refractivity contribution is 0.337. The molecule has 1 unspecified atom stereocenters. The standard InChI is InChI=1S/C18H21BrO/c1-5-20-17-10-9-12(2)11-16(17)18(19)15-8-6-7-13(3)14(15)4/h6-11,18H,5H2,1-4H3. The van der Waals surface area contributed by atoms with Crippen molar-refractivity contribution < 1.29 is 4.74 Å². The van der Waals surface area contributed by atoms with E-state index in [-0.39, 0.29) is 4.83 Å². The van der Waals surface area contributed by atoms with Gasteiger partial charge in [-0.15, -0.1) is 0 Å². The van der Waals surface area contributed by atoms with Crippen LogP contribution in [0.5, 0.6) is 5.75 Å². The molecule has 2 aromatic carbocycles. The predicted octanol–water partition coefficient (Wildman–Crippen LogP) is 5.49. The van der Waals surface area contributed by atoms with Crippen molar-refractivity contribution in [2.75, 3.05) is 6.61 Å². The number of aryl methyl sites for hydroxylation is 2. The van der Waals surface area contributed by atoms with Gasteiger partial charge >= 0.3 is 0 Å². The number of halogens is 1. The van der Waals surface area contributed by atoms with Gasteiger partial charge in [0, 0.05) is 5.56 Å². The van der Waals surface area contributed by atoms with E-state index in [0.717, 1.165) is 5.75 Å². The van der Waals surface area contributed by atoms with E-state index in [4.69, 9.17) is 4.74 Å². The zero-order chi connectivity index (χ0) is 14.7. The third kappa shape index (κ3) is 3.06. The summed E-state index contributed by atoms with van der Waals surface area (Å²) in [6.45, 7) is 9.14. The molecule has 0 heterocycles. The Labute approximate surface area is 130 Å². The van der Waals surface area contributed by atoms with Crippen molar-refractivity contribution in [1.29, 1.82) is 0 Å². The minimum atomic E-state index is 0.156. The molecule has 0 N–H and O–H groups in total. The van der Waals surface area contributed by atoms with Crippen molar-refractivity contribution in [1.82, 2.24) is 0 Å². The molecular weight excluding hydrogens is 312 g/mol. The van der Waals surface area contributed by atoms with E-state index in [0.29, 0.717) is 6.61 Å². The fourth-order valence-electron chi connectivity index (χ4n) is 2.37. The van der Waals surface area contributed by atoms with E-state index in [9.17, 15) is 0 Å². The second-order valence-corrected chi connectivity index (χ2v) is 6.04. The number of ether oxygens (including phenoxy) is 1. The first-order valence-electron chi connectivity index (χ1n) is 6.98. The molecule has 106 valence electrons. The zero-order valence-electron chi connectivity index (χ0n) is 12.5. The Morgan fingerprint density at radius 1 is 1.05 bits per heavy atom. The average molecular weight is 333 g/mol. The highest BCUT2D eigenvalue weighted by molar-refractivity contribution is 9.09. The third-order valence-electron chi connectivity index (χ3n) is 3.66. The van der Waals surface area contributed by atoms with E-state index in [2.05, 4.69) is 73.1 Å². The summed E-state index contributed by atoms with van der Waals surface area (Å²) in [6, 6.07) is 12.8. The fourth-order valence-corrected chi connectivity index (χ4v) is 3.22. The summed E-state index contributed by atoms with van der Waals surface area (Å²) in [7, 11) is 0. The normalized spacial score (nSPS) is 12.2. The number of hydrogen-bond donors (Lipinski definition) is 0. The molecule has 2 heteroatoms. The lowest BCUT2D eigenvalue weighted by atomic mass is 9.96. The van der Waals surface area contributed by atoms with Crippen LogP contribution in [0.15, 0.2) is 36.4 Å². The first-order valence-corrected chi connectivity index (χ1v) is 7.89. The number of alkyl halides is 1. The topological polar surface area (TPSA) is 9.23 Å². The summed E-state index contributed by atoms with van der Waals surface area (Å²) in [5.41, 5.74) is 6.39. The maximum absolute atomic E-state index is 5.77. The molecule has 2 rings (SSSR count). The fraction of sp³-hybridized carbons (Fsp3) is 0.333. The minimum Gasteiger partial charge on any atom is -0.494 e. The molecule has 0 saturated heterocycles. The van der Waals surface area contributed by atoms with Crippen molar-refractivity contribution in [2.24, 2.45) is 0 Å². The Kier molecular flexibility index (Phi) is 4.87. The quantitative estimate of drug-likeness (QED) is 0.672. The van der Waals surface area contributed by atoms with Crippen molar-refractivity contribution >= 4 is 15.9 Å². The maximum Gasteiger partial charge on any atom is 0.123 e. The van der Waals surface area contributed by atoms with Crippen LogP contribution in [0.3, 0.4) is 0 Å². The first kappa shape index (κ1) is 15.1. The molecule has 0 spiro atoms. The van der Waals surface area contributed by atoms with Crippen molar-refractivity contribution in [3.05, 3.63) is 64.2 Å². The Morgan fingerprint density at radius 3 is 2.50 bits per heavy atom. The van der Waals surface area contributed by atoms with E-state index in [1.54, 1.807) is 0 Å². The molecule has 0 fully saturated rings. The van der Waals surface area contributed by atoms with Crippen LogP contribution in [0.2, 0.25) is 0 Å². The largest absolute Gasteiger partial charge is 0.494 e. The van der Waals surface area contributed by atoms with Crippen LogP contribution >= 0.6 is 15.9 Å². The predicted molar refractivity (Wildman–Crippen MR) is 89.0 cm³/mol. The van der Waals surface area contributed by atoms with Crippen LogP contribution in [0.25, 0.3) is 0 Å². The van der Waals surface area contributed by atoms with Crippen LogP contribution in [0, 0.1) is 20.8 Å². The molecular formula is C18H21BrO. The summed E-state index contributed by atoms with van der Waals surface area (Å²) in [5, 5.41) is 0. The SMILES string of the molecule is CCOc1ccc(C)cc1C(Br)c1cccc(C)c1C. The van der Waals surface area contributed by atoms with E-state index in [1.165, 1.54) is 27.8 Å². The lowest BCUT2D eigenvalue weighted by Gasteiger charge is -2.19. The smallest absolute Gasteiger partial charge is 0.123 e. The summed E-state index contributed by atoms with van der Waals surface area (Å²) in [5.74, 6) is 0.959. The Hall–Kier alpha value is -1.28. The van der Waals surface area contributed by atoms with Crippen molar-refractivity contribution in [3.63, 3.8) is 0 Å². The van der Waals surface area contributed by atoms with Gasteiger partial charge in [-0.1, -0.05) is 51.8 Å². The van der Waals surface area contributed by atoms with Crippen LogP contribution in [-0.2, 0) is 0 Å². The molecule has 0 aliphatic heterocycles. The highest BCUT2D eigenvalue weighted by Gasteiger charge is 2.18. The first-order chi connectivity index (χ1) is 9.54. The van der Waals surface area contributed by atoms with Crippen LogP contribution in [-0.4, -0.2) is 6.61 Å². The van der Waals surface area contributed by atoms with Gasteiger partial charge in [0.05, 0.1) is 11.4 Å². The van der Waals surface area contributed by atoms with E-state index >= 15 is 0 Å². The zero-order valence-corrected chi connectivity index (χ0v) is 14.1. The lowest BCUT2D eigenvalue weighted by Crippen LogP contribution is -2.02. The molecule has 20 heavy (non-hydrogen) atoms. The van der Waals surface area contributed by atoms with Crippen LogP contribution in [0.1, 0.15) is 39.6 Å². The van der Waals surface area contributed by atoms with E-state index in [1.807, 2.05) is 6.92 Å². The van der Waals surface area contributed by atoms with Gasteiger partial charge in [0.1, 0.15) is 5.75 Å². The Morgan fingerprint density at radius 2 is 1.80 bits per heavy atom. The summed E-state index contributed by atoms with van der Waals surface area (Å²) >= 11 is 3.85. The Balaban J connectivity index is 2.49. The average Bonchev–Trinajstić information content (AvgIpc) is 2.43. The van der Waals surface area contributed by atoms with Crippen molar-refractivity contribution in [2.45, 2.75) is 32.5 Å². The van der Waals surface area contributed by atoms with Crippen LogP contribution < -0.4 is 4.74 Å². The summed E-state index contributed by atoms with van der Waals surface area (Å²) in [6.07, 6.45) is 0. The van der Waals surface area contributed by atoms with Gasteiger partial charge in [-0.3, -0.25) is 0 Å². The molecule has 0 aliphatic rings. The number of hydrogen-bond acceptors (Lipinski definition) is 1. The molecule has 0 amide bonds. The molecule has 1 atom stereocenters. The summed E-state index contributed by atoms with van der Waals surface area (Å²) in [4.78, 5) is 0.156. The van der Waals surface area contributed by atoms with Gasteiger partial charge in [-0.05, 0) is 50.5 Å². The molecule has 0 aromatic heterocycles. The third-order valence-corrected chi connectivity index (χ3v) is 4.64. The van der Waals surface area contributed by atoms with Gasteiger partial charge in [0.15, 0.2) is 0 Å². The van der Waals surface area contributed by atoms with Gasteiger partial charge in [-0.2, -0.15) is 0 Å². The highest BCUT2D eigenvalue weighted by atomic mass is 79.9.